The molecular formula is C22H28N3O3+. The molecule has 0 aliphatic carbocycles. The van der Waals surface area contributed by atoms with Crippen molar-refractivity contribution in [3.05, 3.63) is 53.6 Å². The molecule has 2 heterocycles. The van der Waals surface area contributed by atoms with Crippen LogP contribution in [0.15, 0.2) is 42.5 Å². The van der Waals surface area contributed by atoms with Gasteiger partial charge in [0.1, 0.15) is 0 Å². The van der Waals surface area contributed by atoms with E-state index in [0.29, 0.717) is 6.54 Å². The summed E-state index contributed by atoms with van der Waals surface area (Å²) in [5.74, 6) is 1.60. The van der Waals surface area contributed by atoms with Gasteiger partial charge in [-0.05, 0) is 43.2 Å². The Morgan fingerprint density at radius 2 is 1.89 bits per heavy atom. The Balaban J connectivity index is 1.27. The molecule has 1 atom stereocenters. The van der Waals surface area contributed by atoms with Gasteiger partial charge in [-0.25, -0.2) is 0 Å². The molecule has 0 aromatic heterocycles. The van der Waals surface area contributed by atoms with E-state index in [4.69, 9.17) is 9.47 Å². The normalized spacial score (nSPS) is 17.4. The van der Waals surface area contributed by atoms with E-state index in [1.807, 2.05) is 25.1 Å². The zero-order valence-corrected chi connectivity index (χ0v) is 16.5. The Bertz CT molecular complexity index is 847. The zero-order valence-electron chi connectivity index (χ0n) is 16.5. The fourth-order valence-corrected chi connectivity index (χ4v) is 3.94. The number of piperazine rings is 1. The summed E-state index contributed by atoms with van der Waals surface area (Å²) in [6, 6.07) is 14.3. The zero-order chi connectivity index (χ0) is 19.5. The van der Waals surface area contributed by atoms with Crippen molar-refractivity contribution in [2.45, 2.75) is 19.9 Å². The highest BCUT2D eigenvalue weighted by Crippen LogP contribution is 2.34. The Hall–Kier alpha value is -2.73. The van der Waals surface area contributed by atoms with Gasteiger partial charge in [-0.3, -0.25) is 4.79 Å². The summed E-state index contributed by atoms with van der Waals surface area (Å²) in [7, 11) is 0. The van der Waals surface area contributed by atoms with Crippen LogP contribution in [0, 0.1) is 6.92 Å². The molecule has 1 fully saturated rings. The maximum atomic E-state index is 12.5. The molecule has 0 saturated carbocycles. The lowest BCUT2D eigenvalue weighted by Gasteiger charge is -2.34. The quantitative estimate of drug-likeness (QED) is 0.819. The first kappa shape index (κ1) is 18.6. The number of nitrogens with one attached hydrogen (secondary N) is 2. The minimum atomic E-state index is -0.0605. The maximum absolute atomic E-state index is 12.5. The summed E-state index contributed by atoms with van der Waals surface area (Å²) in [4.78, 5) is 16.3. The van der Waals surface area contributed by atoms with E-state index in [-0.39, 0.29) is 18.7 Å². The largest absolute Gasteiger partial charge is 0.454 e. The number of anilines is 1. The number of carbonyl (C=O) groups is 1. The van der Waals surface area contributed by atoms with Crippen molar-refractivity contribution >= 4 is 11.6 Å². The molecule has 28 heavy (non-hydrogen) atoms. The number of quaternary nitrogens is 1. The van der Waals surface area contributed by atoms with Gasteiger partial charge in [0.2, 0.25) is 6.79 Å². The van der Waals surface area contributed by atoms with Gasteiger partial charge in [0.15, 0.2) is 18.0 Å². The van der Waals surface area contributed by atoms with Crippen molar-refractivity contribution in [3.63, 3.8) is 0 Å². The molecule has 0 spiro atoms. The Kier molecular flexibility index (Phi) is 5.39. The first-order chi connectivity index (χ1) is 13.6. The van der Waals surface area contributed by atoms with Crippen LogP contribution in [-0.4, -0.2) is 45.4 Å². The van der Waals surface area contributed by atoms with E-state index in [1.165, 1.54) is 16.2 Å². The molecule has 4 rings (SSSR count). The molecule has 2 N–H and O–H groups in total. The van der Waals surface area contributed by atoms with Gasteiger partial charge in [-0.15, -0.1) is 0 Å². The molecule has 2 aromatic carbocycles. The van der Waals surface area contributed by atoms with E-state index >= 15 is 0 Å². The van der Waals surface area contributed by atoms with Gasteiger partial charge in [-0.2, -0.15) is 0 Å². The van der Waals surface area contributed by atoms with Crippen molar-refractivity contribution in [1.82, 2.24) is 5.32 Å². The second-order valence-electron chi connectivity index (χ2n) is 7.60. The van der Waals surface area contributed by atoms with E-state index in [1.54, 1.807) is 0 Å². The Morgan fingerprint density at radius 1 is 1.14 bits per heavy atom. The van der Waals surface area contributed by atoms with E-state index in [2.05, 4.69) is 41.4 Å². The molecule has 1 amide bonds. The number of benzene rings is 2. The lowest BCUT2D eigenvalue weighted by molar-refractivity contribution is -0.892. The molecule has 2 aliphatic heterocycles. The third-order valence-electron chi connectivity index (χ3n) is 5.61. The fourth-order valence-electron chi connectivity index (χ4n) is 3.94. The van der Waals surface area contributed by atoms with Crippen LogP contribution in [0.2, 0.25) is 0 Å². The smallest absolute Gasteiger partial charge is 0.275 e. The third-order valence-corrected chi connectivity index (χ3v) is 5.61. The third kappa shape index (κ3) is 4.07. The number of rotatable bonds is 5. The van der Waals surface area contributed by atoms with Gasteiger partial charge in [0, 0.05) is 5.69 Å². The second kappa shape index (κ2) is 8.10. The van der Waals surface area contributed by atoms with Crippen LogP contribution < -0.4 is 24.6 Å². The fraction of sp³-hybridized carbons (Fsp3) is 0.409. The molecule has 0 bridgehead atoms. The highest BCUT2D eigenvalue weighted by molar-refractivity contribution is 5.77. The molecule has 0 radical (unpaired) electrons. The van der Waals surface area contributed by atoms with Crippen LogP contribution in [0.3, 0.4) is 0 Å². The minimum absolute atomic E-state index is 0.0605. The molecular weight excluding hydrogens is 354 g/mol. The predicted octanol–water partition coefficient (Wildman–Crippen LogP) is 1.31. The monoisotopic (exact) mass is 382 g/mol. The van der Waals surface area contributed by atoms with Crippen LogP contribution >= 0.6 is 0 Å². The van der Waals surface area contributed by atoms with E-state index in [9.17, 15) is 4.79 Å². The van der Waals surface area contributed by atoms with Crippen LogP contribution in [-0.2, 0) is 4.79 Å². The number of hydrogen-bond acceptors (Lipinski definition) is 4. The lowest BCUT2D eigenvalue weighted by Crippen LogP contribution is -3.16. The molecule has 6 nitrogen and oxygen atoms in total. The van der Waals surface area contributed by atoms with Crippen molar-refractivity contribution in [2.24, 2.45) is 0 Å². The first-order valence-electron chi connectivity index (χ1n) is 9.93. The van der Waals surface area contributed by atoms with Crippen molar-refractivity contribution < 1.29 is 19.2 Å². The van der Waals surface area contributed by atoms with Gasteiger partial charge < -0.3 is 24.6 Å². The number of para-hydroxylation sites is 1. The number of amides is 1. The second-order valence-corrected chi connectivity index (χ2v) is 7.60. The van der Waals surface area contributed by atoms with Gasteiger partial charge >= 0.3 is 0 Å². The van der Waals surface area contributed by atoms with Crippen molar-refractivity contribution in [1.29, 1.82) is 0 Å². The molecule has 2 aromatic rings. The first-order valence-corrected chi connectivity index (χ1v) is 9.93. The predicted molar refractivity (Wildman–Crippen MR) is 108 cm³/mol. The topological polar surface area (TPSA) is 55.2 Å². The number of ether oxygens (including phenoxy) is 2. The average Bonchev–Trinajstić information content (AvgIpc) is 3.17. The molecule has 2 aliphatic rings. The van der Waals surface area contributed by atoms with E-state index < -0.39 is 0 Å². The standard InChI is InChI=1S/C22H27N3O3/c1-16-5-3-4-6-19(16)25-11-9-24(10-12-25)14-22(26)23-17(2)18-7-8-20-21(13-18)28-15-27-20/h3-8,13,17H,9-12,14-15H2,1-2H3,(H,23,26)/p+1/t17-/m1/s1. The van der Waals surface area contributed by atoms with Crippen LogP contribution in [0.25, 0.3) is 0 Å². The molecule has 6 heteroatoms. The SMILES string of the molecule is Cc1ccccc1N1CC[NH+](CC(=O)N[C@H](C)c2ccc3c(c2)OCO3)CC1. The number of carbonyl (C=O) groups excluding carboxylic acids is 1. The number of aryl methyl sites for hydroxylation is 1. The minimum Gasteiger partial charge on any atom is -0.454 e. The van der Waals surface area contributed by atoms with Crippen molar-refractivity contribution in [2.75, 3.05) is 44.4 Å². The summed E-state index contributed by atoms with van der Waals surface area (Å²) in [5, 5.41) is 3.12. The van der Waals surface area contributed by atoms with Crippen molar-refractivity contribution in [3.8, 4) is 11.5 Å². The number of hydrogen-bond donors (Lipinski definition) is 2. The molecule has 1 saturated heterocycles. The maximum Gasteiger partial charge on any atom is 0.275 e. The highest BCUT2D eigenvalue weighted by atomic mass is 16.7. The van der Waals surface area contributed by atoms with Crippen LogP contribution in [0.5, 0.6) is 11.5 Å². The molecule has 148 valence electrons. The summed E-state index contributed by atoms with van der Waals surface area (Å²) in [5.41, 5.74) is 3.64. The number of nitrogens with zero attached hydrogens (tertiary/aromatic N) is 1. The van der Waals surface area contributed by atoms with E-state index in [0.717, 1.165) is 43.2 Å². The molecule has 0 unspecified atom stereocenters. The summed E-state index contributed by atoms with van der Waals surface area (Å²) in [6.07, 6.45) is 0. The van der Waals surface area contributed by atoms with Gasteiger partial charge in [0.05, 0.1) is 32.2 Å². The Labute approximate surface area is 166 Å². The lowest BCUT2D eigenvalue weighted by atomic mass is 10.1. The summed E-state index contributed by atoms with van der Waals surface area (Å²) in [6.45, 7) is 8.82. The highest BCUT2D eigenvalue weighted by Gasteiger charge is 2.24. The summed E-state index contributed by atoms with van der Waals surface area (Å²) < 4.78 is 10.8. The average molecular weight is 382 g/mol. The van der Waals surface area contributed by atoms with Crippen LogP contribution in [0.1, 0.15) is 24.1 Å². The number of fused-ring (bicyclic) bond motifs is 1. The van der Waals surface area contributed by atoms with Gasteiger partial charge in [-0.1, -0.05) is 24.3 Å². The Morgan fingerprint density at radius 3 is 2.68 bits per heavy atom. The summed E-state index contributed by atoms with van der Waals surface area (Å²) >= 11 is 0. The van der Waals surface area contributed by atoms with Gasteiger partial charge in [0.25, 0.3) is 5.91 Å². The van der Waals surface area contributed by atoms with Crippen LogP contribution in [0.4, 0.5) is 5.69 Å².